The molecule has 0 amide bonds. The molecule has 0 N–H and O–H groups in total. The van der Waals surface area contributed by atoms with Crippen LogP contribution in [0.5, 0.6) is 0 Å². The molecule has 1 unspecified atom stereocenters. The van der Waals surface area contributed by atoms with Gasteiger partial charge in [-0.05, 0) is 34.6 Å². The molecule has 0 aromatic heterocycles. The minimum atomic E-state index is -0.954. The van der Waals surface area contributed by atoms with Crippen molar-refractivity contribution in [3.8, 4) is 0 Å². The summed E-state index contributed by atoms with van der Waals surface area (Å²) >= 11 is 0. The van der Waals surface area contributed by atoms with Crippen molar-refractivity contribution in [1.29, 1.82) is 0 Å². The normalized spacial score (nSPS) is 27.9. The zero-order valence-corrected chi connectivity index (χ0v) is 12.2. The predicted molar refractivity (Wildman–Crippen MR) is 65.9 cm³/mol. The molecule has 1 rings (SSSR count). The quantitative estimate of drug-likeness (QED) is 0.728. The SMILES string of the molecule is COC1(CC(=O)OC(C)(C)C)CCOC(C)(C)O1. The van der Waals surface area contributed by atoms with E-state index in [0.717, 1.165) is 0 Å². The largest absolute Gasteiger partial charge is 0.460 e. The molecule has 18 heavy (non-hydrogen) atoms. The van der Waals surface area contributed by atoms with Crippen molar-refractivity contribution in [2.24, 2.45) is 0 Å². The number of carbonyl (C=O) groups is 1. The van der Waals surface area contributed by atoms with Gasteiger partial charge in [0.1, 0.15) is 5.60 Å². The first-order chi connectivity index (χ1) is 8.08. The van der Waals surface area contributed by atoms with Crippen molar-refractivity contribution in [2.45, 2.75) is 64.6 Å². The highest BCUT2D eigenvalue weighted by molar-refractivity contribution is 5.71. The fourth-order valence-electron chi connectivity index (χ4n) is 1.92. The second kappa shape index (κ2) is 5.15. The Kier molecular flexibility index (Phi) is 4.41. The maximum absolute atomic E-state index is 11.9. The molecular weight excluding hydrogens is 236 g/mol. The van der Waals surface area contributed by atoms with E-state index in [1.165, 1.54) is 7.11 Å². The van der Waals surface area contributed by atoms with Crippen LogP contribution in [0.15, 0.2) is 0 Å². The van der Waals surface area contributed by atoms with Crippen LogP contribution in [0.4, 0.5) is 0 Å². The van der Waals surface area contributed by atoms with Crippen molar-refractivity contribution < 1.29 is 23.7 Å². The Balaban J connectivity index is 2.68. The van der Waals surface area contributed by atoms with Crippen molar-refractivity contribution in [2.75, 3.05) is 13.7 Å². The summed E-state index contributed by atoms with van der Waals surface area (Å²) in [4.78, 5) is 11.9. The lowest BCUT2D eigenvalue weighted by Gasteiger charge is -2.43. The summed E-state index contributed by atoms with van der Waals surface area (Å²) in [5, 5.41) is 0. The summed E-state index contributed by atoms with van der Waals surface area (Å²) in [5.41, 5.74) is -0.507. The molecule has 1 heterocycles. The Morgan fingerprint density at radius 3 is 2.39 bits per heavy atom. The van der Waals surface area contributed by atoms with E-state index in [1.54, 1.807) is 13.8 Å². The molecule has 0 aromatic carbocycles. The Labute approximate surface area is 109 Å². The van der Waals surface area contributed by atoms with Gasteiger partial charge in [-0.3, -0.25) is 4.79 Å². The van der Waals surface area contributed by atoms with E-state index in [4.69, 9.17) is 18.9 Å². The summed E-state index contributed by atoms with van der Waals surface area (Å²) in [7, 11) is 1.53. The number of methoxy groups -OCH3 is 1. The van der Waals surface area contributed by atoms with Gasteiger partial charge in [-0.1, -0.05) is 0 Å². The maximum atomic E-state index is 11.9. The minimum Gasteiger partial charge on any atom is -0.460 e. The first-order valence-electron chi connectivity index (χ1n) is 6.19. The molecule has 0 radical (unpaired) electrons. The smallest absolute Gasteiger partial charge is 0.311 e. The van der Waals surface area contributed by atoms with Crippen LogP contribution in [-0.2, 0) is 23.7 Å². The van der Waals surface area contributed by atoms with Gasteiger partial charge in [-0.2, -0.15) is 0 Å². The Bertz CT molecular complexity index is 305. The Morgan fingerprint density at radius 1 is 1.33 bits per heavy atom. The first kappa shape index (κ1) is 15.4. The molecule has 1 atom stereocenters. The molecule has 0 aliphatic carbocycles. The summed E-state index contributed by atoms with van der Waals surface area (Å²) in [6.07, 6.45) is 0.569. The van der Waals surface area contributed by atoms with Gasteiger partial charge in [-0.25, -0.2) is 0 Å². The van der Waals surface area contributed by atoms with Gasteiger partial charge in [0.05, 0.1) is 13.0 Å². The number of hydrogen-bond acceptors (Lipinski definition) is 5. The fourth-order valence-corrected chi connectivity index (χ4v) is 1.92. The summed E-state index contributed by atoms with van der Waals surface area (Å²) in [6, 6.07) is 0. The zero-order valence-electron chi connectivity index (χ0n) is 12.2. The van der Waals surface area contributed by atoms with E-state index >= 15 is 0 Å². The summed E-state index contributed by atoms with van der Waals surface area (Å²) in [6.45, 7) is 9.59. The topological polar surface area (TPSA) is 54.0 Å². The van der Waals surface area contributed by atoms with Gasteiger partial charge in [0, 0.05) is 13.5 Å². The Morgan fingerprint density at radius 2 is 1.94 bits per heavy atom. The molecular formula is C13H24O5. The molecule has 1 aliphatic rings. The van der Waals surface area contributed by atoms with Crippen LogP contribution in [0.3, 0.4) is 0 Å². The van der Waals surface area contributed by atoms with Crippen LogP contribution in [0.1, 0.15) is 47.5 Å². The van der Waals surface area contributed by atoms with E-state index in [9.17, 15) is 4.79 Å². The van der Waals surface area contributed by atoms with Gasteiger partial charge in [0.25, 0.3) is 0 Å². The summed E-state index contributed by atoms with van der Waals surface area (Å²) < 4.78 is 21.9. The van der Waals surface area contributed by atoms with Gasteiger partial charge in [0.2, 0.25) is 0 Å². The fraction of sp³-hybridized carbons (Fsp3) is 0.923. The van der Waals surface area contributed by atoms with Gasteiger partial charge in [0.15, 0.2) is 11.6 Å². The van der Waals surface area contributed by atoms with Crippen LogP contribution in [-0.4, -0.2) is 36.9 Å². The number of ether oxygens (including phenoxy) is 4. The standard InChI is InChI=1S/C13H24O5/c1-11(2,3)17-10(14)9-13(15-6)7-8-16-12(4,5)18-13/h7-9H2,1-6H3. The zero-order chi connectivity index (χ0) is 14.0. The molecule has 0 spiro atoms. The Hall–Kier alpha value is -0.650. The molecule has 5 nitrogen and oxygen atoms in total. The third kappa shape index (κ3) is 4.55. The molecule has 1 aliphatic heterocycles. The number of esters is 1. The van der Waals surface area contributed by atoms with Crippen molar-refractivity contribution in [3.63, 3.8) is 0 Å². The van der Waals surface area contributed by atoms with Crippen LogP contribution in [0, 0.1) is 0 Å². The third-order valence-electron chi connectivity index (χ3n) is 2.57. The highest BCUT2D eigenvalue weighted by Gasteiger charge is 2.44. The average molecular weight is 260 g/mol. The van der Waals surface area contributed by atoms with Crippen LogP contribution < -0.4 is 0 Å². The van der Waals surface area contributed by atoms with Crippen LogP contribution in [0.25, 0.3) is 0 Å². The van der Waals surface area contributed by atoms with Crippen LogP contribution >= 0.6 is 0 Å². The van der Waals surface area contributed by atoms with E-state index in [-0.39, 0.29) is 12.4 Å². The lowest BCUT2D eigenvalue weighted by molar-refractivity contribution is -0.378. The highest BCUT2D eigenvalue weighted by atomic mass is 16.8. The van der Waals surface area contributed by atoms with Crippen molar-refractivity contribution >= 4 is 5.97 Å². The lowest BCUT2D eigenvalue weighted by Crippen LogP contribution is -2.51. The molecule has 0 aromatic rings. The number of carbonyl (C=O) groups excluding carboxylic acids is 1. The molecule has 0 saturated carbocycles. The van der Waals surface area contributed by atoms with Gasteiger partial charge < -0.3 is 18.9 Å². The third-order valence-corrected chi connectivity index (χ3v) is 2.57. The van der Waals surface area contributed by atoms with Crippen molar-refractivity contribution in [1.82, 2.24) is 0 Å². The summed E-state index contributed by atoms with van der Waals surface area (Å²) in [5.74, 6) is -2.04. The monoisotopic (exact) mass is 260 g/mol. The van der Waals surface area contributed by atoms with Crippen molar-refractivity contribution in [3.05, 3.63) is 0 Å². The second-order valence-electron chi connectivity index (χ2n) is 5.98. The van der Waals surface area contributed by atoms with Gasteiger partial charge in [-0.15, -0.1) is 0 Å². The van der Waals surface area contributed by atoms with E-state index in [2.05, 4.69) is 0 Å². The van der Waals surface area contributed by atoms with E-state index < -0.39 is 17.2 Å². The molecule has 0 bridgehead atoms. The average Bonchev–Trinajstić information content (AvgIpc) is 2.12. The van der Waals surface area contributed by atoms with E-state index in [0.29, 0.717) is 13.0 Å². The highest BCUT2D eigenvalue weighted by Crippen LogP contribution is 2.34. The lowest BCUT2D eigenvalue weighted by atomic mass is 10.1. The van der Waals surface area contributed by atoms with Gasteiger partial charge >= 0.3 is 5.97 Å². The number of hydrogen-bond donors (Lipinski definition) is 0. The molecule has 5 heteroatoms. The first-order valence-corrected chi connectivity index (χ1v) is 6.19. The van der Waals surface area contributed by atoms with Crippen LogP contribution in [0.2, 0.25) is 0 Å². The minimum absolute atomic E-state index is 0.0631. The molecule has 1 saturated heterocycles. The molecule has 1 fully saturated rings. The second-order valence-corrected chi connectivity index (χ2v) is 5.98. The van der Waals surface area contributed by atoms with E-state index in [1.807, 2.05) is 20.8 Å². The predicted octanol–water partition coefficient (Wildman–Crippen LogP) is 2.23. The molecule has 106 valence electrons. The number of rotatable bonds is 3. The maximum Gasteiger partial charge on any atom is 0.311 e.